The molecule has 1 aromatic heterocycles. The minimum Gasteiger partial charge on any atom is -0.496 e. The Morgan fingerprint density at radius 2 is 1.92 bits per heavy atom. The molecule has 1 aliphatic rings. The average Bonchev–Trinajstić information content (AvgIpc) is 3.10. The lowest BCUT2D eigenvalue weighted by molar-refractivity contribution is 0.404. The number of ether oxygens (including phenoxy) is 1. The van der Waals surface area contributed by atoms with Crippen LogP contribution < -0.4 is 10.1 Å². The highest BCUT2D eigenvalue weighted by Crippen LogP contribution is 2.35. The molecule has 0 saturated carbocycles. The Labute approximate surface area is 148 Å². The number of rotatable bonds is 3. The molecule has 0 saturated heterocycles. The predicted octanol–water partition coefficient (Wildman–Crippen LogP) is 4.11. The summed E-state index contributed by atoms with van der Waals surface area (Å²) in [5.41, 5.74) is 3.13. The molecule has 0 amide bonds. The van der Waals surface area contributed by atoms with Crippen LogP contribution in [0.3, 0.4) is 0 Å². The van der Waals surface area contributed by atoms with E-state index in [4.69, 9.17) is 4.74 Å². The number of anilines is 1. The first-order valence-corrected chi connectivity index (χ1v) is 8.33. The number of methoxy groups -OCH3 is 1. The van der Waals surface area contributed by atoms with Crippen molar-refractivity contribution in [2.75, 3.05) is 12.4 Å². The van der Waals surface area contributed by atoms with Crippen molar-refractivity contribution in [3.8, 4) is 5.75 Å². The maximum Gasteiger partial charge on any atom is 0.226 e. The minimum atomic E-state index is -0.0847. The molecule has 2 aromatic carbocycles. The quantitative estimate of drug-likeness (QED) is 0.740. The zero-order chi connectivity index (χ0) is 16.5. The molecule has 0 aliphatic carbocycles. The summed E-state index contributed by atoms with van der Waals surface area (Å²) in [5.74, 6) is 1.54. The summed E-state index contributed by atoms with van der Waals surface area (Å²) in [4.78, 5) is 4.33. The van der Waals surface area contributed by atoms with Crippen LogP contribution >= 0.6 is 15.9 Å². The summed E-state index contributed by atoms with van der Waals surface area (Å²) >= 11 is 3.47. The van der Waals surface area contributed by atoms with Gasteiger partial charge >= 0.3 is 0 Å². The van der Waals surface area contributed by atoms with E-state index < -0.39 is 0 Å². The first kappa shape index (κ1) is 15.0. The molecule has 1 atom stereocenters. The molecule has 1 N–H and O–H groups in total. The van der Waals surface area contributed by atoms with Gasteiger partial charge in [0, 0.05) is 15.7 Å². The second-order valence-electron chi connectivity index (χ2n) is 5.43. The molecule has 0 radical (unpaired) electrons. The molecule has 0 unspecified atom stereocenters. The third kappa shape index (κ3) is 2.59. The fourth-order valence-corrected chi connectivity index (χ4v) is 3.13. The Bertz CT molecular complexity index is 901. The van der Waals surface area contributed by atoms with Crippen molar-refractivity contribution < 1.29 is 4.74 Å². The van der Waals surface area contributed by atoms with E-state index in [1.165, 1.54) is 0 Å². The molecule has 4 rings (SSSR count). The number of nitrogens with zero attached hydrogens (tertiary/aromatic N) is 3. The van der Waals surface area contributed by atoms with Crippen molar-refractivity contribution in [3.05, 3.63) is 76.5 Å². The third-order valence-electron chi connectivity index (χ3n) is 4.02. The normalized spacial score (nSPS) is 16.1. The highest BCUT2D eigenvalue weighted by Gasteiger charge is 2.25. The van der Waals surface area contributed by atoms with Gasteiger partial charge in [0.15, 0.2) is 0 Å². The Morgan fingerprint density at radius 1 is 1.12 bits per heavy atom. The molecule has 3 aromatic rings. The highest BCUT2D eigenvalue weighted by atomic mass is 79.9. The minimum absolute atomic E-state index is 0.0847. The molecule has 2 heterocycles. The second kappa shape index (κ2) is 6.13. The summed E-state index contributed by atoms with van der Waals surface area (Å²) < 4.78 is 8.44. The van der Waals surface area contributed by atoms with Gasteiger partial charge in [-0.05, 0) is 29.8 Å². The van der Waals surface area contributed by atoms with Crippen LogP contribution in [0.1, 0.15) is 17.2 Å². The lowest BCUT2D eigenvalue weighted by Gasteiger charge is -2.25. The smallest absolute Gasteiger partial charge is 0.226 e. The molecule has 5 nitrogen and oxygen atoms in total. The van der Waals surface area contributed by atoms with Gasteiger partial charge in [-0.15, -0.1) is 0 Å². The Morgan fingerprint density at radius 3 is 2.71 bits per heavy atom. The maximum absolute atomic E-state index is 5.53. The maximum atomic E-state index is 5.53. The monoisotopic (exact) mass is 382 g/mol. The number of nitrogens with one attached hydrogen (secondary N) is 1. The number of halogens is 1. The lowest BCUT2D eigenvalue weighted by Crippen LogP contribution is -2.20. The van der Waals surface area contributed by atoms with Crippen molar-refractivity contribution in [2.24, 2.45) is 0 Å². The summed E-state index contributed by atoms with van der Waals surface area (Å²) in [6.45, 7) is 0. The number of fused-ring (bicyclic) bond motifs is 1. The van der Waals surface area contributed by atoms with E-state index in [0.29, 0.717) is 5.95 Å². The van der Waals surface area contributed by atoms with Crippen LogP contribution in [-0.2, 0) is 0 Å². The summed E-state index contributed by atoms with van der Waals surface area (Å²) in [6, 6.07) is 16.1. The van der Waals surface area contributed by atoms with Crippen molar-refractivity contribution in [3.63, 3.8) is 0 Å². The average molecular weight is 383 g/mol. The second-order valence-corrected chi connectivity index (χ2v) is 6.34. The van der Waals surface area contributed by atoms with Gasteiger partial charge in [-0.3, -0.25) is 0 Å². The van der Waals surface area contributed by atoms with E-state index in [0.717, 1.165) is 27.0 Å². The number of aromatic nitrogens is 3. The lowest BCUT2D eigenvalue weighted by atomic mass is 10.0. The van der Waals surface area contributed by atoms with E-state index in [-0.39, 0.29) is 6.04 Å². The fourth-order valence-electron chi connectivity index (χ4n) is 2.86. The third-order valence-corrected chi connectivity index (χ3v) is 4.55. The largest absolute Gasteiger partial charge is 0.496 e. The fraction of sp³-hybridized carbons (Fsp3) is 0.111. The molecule has 0 spiro atoms. The molecule has 24 heavy (non-hydrogen) atoms. The topological polar surface area (TPSA) is 52.0 Å². The van der Waals surface area contributed by atoms with Crippen LogP contribution in [0.2, 0.25) is 0 Å². The number of benzene rings is 2. The summed E-state index contributed by atoms with van der Waals surface area (Å²) in [6.07, 6.45) is 3.70. The van der Waals surface area contributed by atoms with Gasteiger partial charge in [0.25, 0.3) is 0 Å². The van der Waals surface area contributed by atoms with Crippen LogP contribution in [0.5, 0.6) is 5.75 Å². The van der Waals surface area contributed by atoms with E-state index in [9.17, 15) is 0 Å². The van der Waals surface area contributed by atoms with Gasteiger partial charge in [0.1, 0.15) is 18.1 Å². The standard InChI is InChI=1S/C18H15BrN4O/c1-24-17-5-3-2-4-14(17)16-10-15(12-6-8-13(19)9-7-12)22-18-20-11-21-23(16)18/h2-11,16H,1H3,(H,20,21,22)/t16-/m1/s1. The summed E-state index contributed by atoms with van der Waals surface area (Å²) in [7, 11) is 1.68. The van der Waals surface area contributed by atoms with E-state index >= 15 is 0 Å². The van der Waals surface area contributed by atoms with Crippen molar-refractivity contribution in [2.45, 2.75) is 6.04 Å². The number of allylic oxidation sites excluding steroid dienone is 1. The van der Waals surface area contributed by atoms with Gasteiger partial charge in [0.2, 0.25) is 5.95 Å². The van der Waals surface area contributed by atoms with Gasteiger partial charge < -0.3 is 10.1 Å². The van der Waals surface area contributed by atoms with Crippen LogP contribution in [0, 0.1) is 0 Å². The molecule has 0 fully saturated rings. The van der Waals surface area contributed by atoms with E-state index in [2.05, 4.69) is 55.6 Å². The van der Waals surface area contributed by atoms with Gasteiger partial charge in [-0.25, -0.2) is 4.68 Å². The molecule has 120 valence electrons. The number of hydrogen-bond donors (Lipinski definition) is 1. The van der Waals surface area contributed by atoms with Crippen LogP contribution in [0.25, 0.3) is 5.70 Å². The first-order chi connectivity index (χ1) is 11.8. The van der Waals surface area contributed by atoms with E-state index in [1.807, 2.05) is 35.0 Å². The highest BCUT2D eigenvalue weighted by molar-refractivity contribution is 9.10. The molecular weight excluding hydrogens is 368 g/mol. The number of para-hydroxylation sites is 1. The molecule has 0 bridgehead atoms. The zero-order valence-electron chi connectivity index (χ0n) is 13.0. The Hall–Kier alpha value is -2.60. The summed E-state index contributed by atoms with van der Waals surface area (Å²) in [5, 5.41) is 7.71. The van der Waals surface area contributed by atoms with Gasteiger partial charge in [-0.2, -0.15) is 10.1 Å². The van der Waals surface area contributed by atoms with Gasteiger partial charge in [-0.1, -0.05) is 46.3 Å². The molecule has 1 aliphatic heterocycles. The van der Waals surface area contributed by atoms with Crippen molar-refractivity contribution >= 4 is 27.6 Å². The Kier molecular flexibility index (Phi) is 3.82. The van der Waals surface area contributed by atoms with E-state index in [1.54, 1.807) is 13.4 Å². The first-order valence-electron chi connectivity index (χ1n) is 7.53. The SMILES string of the molecule is COc1ccccc1[C@H]1C=C(c2ccc(Br)cc2)Nc2ncnn21. The molecule has 6 heteroatoms. The van der Waals surface area contributed by atoms with Crippen LogP contribution in [0.4, 0.5) is 5.95 Å². The van der Waals surface area contributed by atoms with Crippen LogP contribution in [0.15, 0.2) is 65.4 Å². The number of hydrogen-bond acceptors (Lipinski definition) is 4. The van der Waals surface area contributed by atoms with Crippen molar-refractivity contribution in [1.82, 2.24) is 14.8 Å². The van der Waals surface area contributed by atoms with Crippen molar-refractivity contribution in [1.29, 1.82) is 0 Å². The zero-order valence-corrected chi connectivity index (χ0v) is 14.6. The van der Waals surface area contributed by atoms with Crippen LogP contribution in [-0.4, -0.2) is 21.9 Å². The van der Waals surface area contributed by atoms with Gasteiger partial charge in [0.05, 0.1) is 7.11 Å². The Balaban J connectivity index is 1.83. The predicted molar refractivity (Wildman–Crippen MR) is 96.9 cm³/mol. The molecular formula is C18H15BrN4O.